The summed E-state index contributed by atoms with van der Waals surface area (Å²) in [6.45, 7) is 12.7. The van der Waals surface area contributed by atoms with E-state index in [9.17, 15) is 9.18 Å². The lowest BCUT2D eigenvalue weighted by Gasteiger charge is -2.42. The predicted octanol–water partition coefficient (Wildman–Crippen LogP) is 9.20. The van der Waals surface area contributed by atoms with Gasteiger partial charge in [0, 0.05) is 70.1 Å². The van der Waals surface area contributed by atoms with Crippen molar-refractivity contribution in [2.24, 2.45) is 11.8 Å². The first-order chi connectivity index (χ1) is 31.3. The number of hydrogen-bond donors (Lipinski definition) is 0. The molecule has 1 amide bonds. The molecule has 0 radical (unpaired) electrons. The third-order valence-corrected chi connectivity index (χ3v) is 13.7. The van der Waals surface area contributed by atoms with Crippen molar-refractivity contribution in [1.82, 2.24) is 24.8 Å². The van der Waals surface area contributed by atoms with Crippen LogP contribution >= 0.6 is 0 Å². The van der Waals surface area contributed by atoms with Crippen molar-refractivity contribution in [2.45, 2.75) is 109 Å². The highest BCUT2D eigenvalue weighted by atomic mass is 19.4. The average molecular weight is 918 g/mol. The highest BCUT2D eigenvalue weighted by molar-refractivity contribution is 5.69. The molecule has 0 saturated carbocycles. The molecule has 1 aliphatic carbocycles. The molecule has 2 unspecified atom stereocenters. The number of ether oxygens (including phenoxy) is 4. The van der Waals surface area contributed by atoms with Gasteiger partial charge in [-0.2, -0.15) is 23.1 Å². The first-order valence-corrected chi connectivity index (χ1v) is 23.0. The van der Waals surface area contributed by atoms with Crippen molar-refractivity contribution in [1.29, 1.82) is 0 Å². The first kappa shape index (κ1) is 47.1. The zero-order valence-electron chi connectivity index (χ0n) is 39.4. The number of alkyl halides is 4. The van der Waals surface area contributed by atoms with Gasteiger partial charge in [0.05, 0.1) is 36.7 Å². The standard InChI is InChI=1S/C50H63F4N7O5/c1-31-20-40-41(55-46(65-30-49-18-9-19-61(49)29-36(51)23-49)57-45(40)58(6)24-35-27-60(28-35)47(62)66-48(3,4)5)22-39(31)44-43(50(52,53)54)32(2)21-42(56-44)59(25-33-10-14-37(63-7)15-11-33)26-34-12-16-38(64-8)17-13-34/h10-17,21,31,35-36,39H,9,18-20,22-30H2,1-8H3/t31?,36-,39?,49+/m1/s1. The number of benzene rings is 2. The third kappa shape index (κ3) is 10.3. The fourth-order valence-electron chi connectivity index (χ4n) is 10.4. The Morgan fingerprint density at radius 2 is 1.55 bits per heavy atom. The minimum absolute atomic E-state index is 0.0155. The fraction of sp³-hybridized carbons (Fsp3) is 0.560. The van der Waals surface area contributed by atoms with Crippen LogP contribution in [-0.2, 0) is 36.8 Å². The van der Waals surface area contributed by atoms with Gasteiger partial charge >= 0.3 is 18.3 Å². The number of anilines is 2. The molecule has 0 bridgehead atoms. The van der Waals surface area contributed by atoms with Crippen LogP contribution in [0.2, 0.25) is 0 Å². The number of carbonyl (C=O) groups is 1. The second kappa shape index (κ2) is 18.7. The van der Waals surface area contributed by atoms with E-state index in [1.165, 1.54) is 6.92 Å². The summed E-state index contributed by atoms with van der Waals surface area (Å²) in [4.78, 5) is 35.6. The molecule has 2 aromatic heterocycles. The molecular weight excluding hydrogens is 855 g/mol. The smallest absolute Gasteiger partial charge is 0.418 e. The minimum Gasteiger partial charge on any atom is -0.497 e. The van der Waals surface area contributed by atoms with Crippen LogP contribution in [0.25, 0.3) is 0 Å². The molecule has 66 heavy (non-hydrogen) atoms. The number of nitrogens with zero attached hydrogens (tertiary/aromatic N) is 7. The third-order valence-electron chi connectivity index (χ3n) is 13.7. The van der Waals surface area contributed by atoms with Gasteiger partial charge in [0.15, 0.2) is 0 Å². The van der Waals surface area contributed by atoms with E-state index in [2.05, 4.69) is 4.90 Å². The number of halogens is 4. The number of aromatic nitrogens is 3. The summed E-state index contributed by atoms with van der Waals surface area (Å²) < 4.78 is 83.8. The number of rotatable bonds is 14. The van der Waals surface area contributed by atoms with E-state index >= 15 is 13.2 Å². The van der Waals surface area contributed by atoms with Crippen LogP contribution in [0.1, 0.15) is 92.1 Å². The van der Waals surface area contributed by atoms with Crippen LogP contribution in [0, 0.1) is 18.8 Å². The lowest BCUT2D eigenvalue weighted by Crippen LogP contribution is -2.54. The first-order valence-electron chi connectivity index (χ1n) is 23.0. The number of methoxy groups -OCH3 is 2. The van der Waals surface area contributed by atoms with E-state index in [0.717, 1.165) is 36.1 Å². The molecule has 2 aromatic carbocycles. The van der Waals surface area contributed by atoms with Crippen molar-refractivity contribution in [2.75, 3.05) is 70.4 Å². The number of hydrogen-bond acceptors (Lipinski definition) is 11. The Kier molecular flexibility index (Phi) is 13.4. The van der Waals surface area contributed by atoms with Crippen LogP contribution in [0.15, 0.2) is 54.6 Å². The Morgan fingerprint density at radius 1 is 0.909 bits per heavy atom. The molecule has 356 valence electrons. The van der Waals surface area contributed by atoms with Crippen LogP contribution in [0.4, 0.5) is 34.0 Å². The highest BCUT2D eigenvalue weighted by Crippen LogP contribution is 2.46. The van der Waals surface area contributed by atoms with Crippen molar-refractivity contribution in [3.63, 3.8) is 0 Å². The van der Waals surface area contributed by atoms with E-state index in [4.69, 9.17) is 33.9 Å². The monoisotopic (exact) mass is 917 g/mol. The lowest BCUT2D eigenvalue weighted by atomic mass is 9.75. The topological polar surface area (TPSA) is 106 Å². The molecule has 16 heteroatoms. The van der Waals surface area contributed by atoms with Gasteiger partial charge in [-0.1, -0.05) is 31.2 Å². The molecule has 12 nitrogen and oxygen atoms in total. The summed E-state index contributed by atoms with van der Waals surface area (Å²) in [5.41, 5.74) is 1.62. The van der Waals surface area contributed by atoms with Crippen LogP contribution in [0.5, 0.6) is 17.5 Å². The minimum atomic E-state index is -4.68. The highest BCUT2D eigenvalue weighted by Gasteiger charge is 2.50. The van der Waals surface area contributed by atoms with Gasteiger partial charge in [-0.05, 0) is 113 Å². The van der Waals surface area contributed by atoms with Crippen LogP contribution < -0.4 is 24.0 Å². The van der Waals surface area contributed by atoms with E-state index in [0.29, 0.717) is 80.9 Å². The van der Waals surface area contributed by atoms with Crippen molar-refractivity contribution in [3.8, 4) is 17.5 Å². The lowest BCUT2D eigenvalue weighted by molar-refractivity contribution is -0.139. The zero-order valence-corrected chi connectivity index (χ0v) is 39.4. The van der Waals surface area contributed by atoms with Crippen molar-refractivity contribution < 1.29 is 41.3 Å². The van der Waals surface area contributed by atoms with Crippen LogP contribution in [0.3, 0.4) is 0 Å². The summed E-state index contributed by atoms with van der Waals surface area (Å²) in [5, 5.41) is 0. The van der Waals surface area contributed by atoms with E-state index in [-0.39, 0.29) is 48.2 Å². The molecule has 5 heterocycles. The number of likely N-dealkylation sites (tertiary alicyclic amines) is 1. The van der Waals surface area contributed by atoms with Gasteiger partial charge in [-0.25, -0.2) is 14.2 Å². The van der Waals surface area contributed by atoms with E-state index in [1.807, 2.05) is 93.1 Å². The quantitative estimate of drug-likeness (QED) is 0.113. The molecule has 0 N–H and O–H groups in total. The Labute approximate surface area is 385 Å². The molecule has 0 spiro atoms. The summed E-state index contributed by atoms with van der Waals surface area (Å²) in [5.74, 6) is 1.67. The maximum atomic E-state index is 15.4. The maximum absolute atomic E-state index is 15.4. The Bertz CT molecular complexity index is 2310. The Hall–Kier alpha value is -5.38. The summed E-state index contributed by atoms with van der Waals surface area (Å²) in [7, 11) is 5.14. The Balaban J connectivity index is 1.14. The number of carbonyl (C=O) groups excluding carboxylic acids is 1. The van der Waals surface area contributed by atoms with Gasteiger partial charge in [0.25, 0.3) is 0 Å². The number of pyridine rings is 1. The van der Waals surface area contributed by atoms with Gasteiger partial charge in [0.2, 0.25) is 0 Å². The molecule has 3 aliphatic heterocycles. The van der Waals surface area contributed by atoms with Gasteiger partial charge in [-0.15, -0.1) is 0 Å². The SMILES string of the molecule is COc1ccc(CN(Cc2ccc(OC)cc2)c2cc(C)c(C(F)(F)F)c(C3Cc4nc(OC[C@@]56CCCN5C[C@H](F)C6)nc(N(C)CC5CN(C(=O)OC(C)(C)C)C5)c4CC3C)n2)cc1. The predicted molar refractivity (Wildman–Crippen MR) is 244 cm³/mol. The summed E-state index contributed by atoms with van der Waals surface area (Å²) in [6.07, 6.45) is -3.28. The summed E-state index contributed by atoms with van der Waals surface area (Å²) >= 11 is 0. The second-order valence-corrected chi connectivity index (χ2v) is 19.9. The molecule has 3 saturated heterocycles. The fourth-order valence-corrected chi connectivity index (χ4v) is 10.4. The molecule has 4 aliphatic rings. The molecular formula is C50H63F4N7O5. The molecule has 3 fully saturated rings. The van der Waals surface area contributed by atoms with Gasteiger partial charge in [-0.3, -0.25) is 4.90 Å². The van der Waals surface area contributed by atoms with Crippen molar-refractivity contribution in [3.05, 3.63) is 93.8 Å². The maximum Gasteiger partial charge on any atom is 0.418 e. The molecule has 8 rings (SSSR count). The van der Waals surface area contributed by atoms with E-state index < -0.39 is 35.0 Å². The normalized spacial score (nSPS) is 22.1. The van der Waals surface area contributed by atoms with Gasteiger partial charge < -0.3 is 33.6 Å². The number of amides is 1. The molecule has 4 aromatic rings. The van der Waals surface area contributed by atoms with E-state index in [1.54, 1.807) is 25.2 Å². The largest absolute Gasteiger partial charge is 0.497 e. The number of fused-ring (bicyclic) bond motifs is 2. The Morgan fingerprint density at radius 3 is 2.14 bits per heavy atom. The number of aryl methyl sites for hydroxylation is 1. The molecule has 4 atom stereocenters. The summed E-state index contributed by atoms with van der Waals surface area (Å²) in [6, 6.07) is 16.9. The van der Waals surface area contributed by atoms with Crippen LogP contribution in [-0.4, -0.2) is 109 Å². The second-order valence-electron chi connectivity index (χ2n) is 19.9. The van der Waals surface area contributed by atoms with Gasteiger partial charge in [0.1, 0.15) is 41.5 Å². The van der Waals surface area contributed by atoms with Crippen molar-refractivity contribution >= 4 is 17.7 Å². The zero-order chi connectivity index (χ0) is 47.1. The average Bonchev–Trinajstić information content (AvgIpc) is 3.78.